The molecule has 1 rings (SSSR count). The summed E-state index contributed by atoms with van der Waals surface area (Å²) < 4.78 is 6.77. The number of methoxy groups -OCH3 is 1. The first kappa shape index (κ1) is 16.4. The molecule has 0 bridgehead atoms. The summed E-state index contributed by atoms with van der Waals surface area (Å²) in [6, 6.07) is 0. The highest BCUT2D eigenvalue weighted by Gasteiger charge is 2.20. The van der Waals surface area contributed by atoms with E-state index in [0.717, 1.165) is 17.8 Å². The quantitative estimate of drug-likeness (QED) is 0.762. The van der Waals surface area contributed by atoms with Gasteiger partial charge in [0.1, 0.15) is 0 Å². The van der Waals surface area contributed by atoms with Gasteiger partial charge in [0.25, 0.3) is 0 Å². The Morgan fingerprint density at radius 2 is 2.21 bits per heavy atom. The summed E-state index contributed by atoms with van der Waals surface area (Å²) in [5.74, 6) is 0. The van der Waals surface area contributed by atoms with Gasteiger partial charge >= 0.3 is 0 Å². The normalized spacial score (nSPS) is 14.6. The molecular formula is C13H24ClN3O2. The first-order chi connectivity index (χ1) is 8.91. The maximum Gasteiger partial charge on any atom is 0.0863 e. The summed E-state index contributed by atoms with van der Waals surface area (Å²) in [7, 11) is 3.51. The van der Waals surface area contributed by atoms with Crippen molar-refractivity contribution in [3.8, 4) is 0 Å². The molecule has 0 radical (unpaired) electrons. The van der Waals surface area contributed by atoms with Crippen molar-refractivity contribution in [1.82, 2.24) is 15.1 Å². The number of nitrogens with one attached hydrogen (secondary N) is 1. The van der Waals surface area contributed by atoms with Crippen LogP contribution in [0, 0.1) is 0 Å². The van der Waals surface area contributed by atoms with E-state index < -0.39 is 5.60 Å². The fraction of sp³-hybridized carbons (Fsp3) is 0.769. The van der Waals surface area contributed by atoms with Gasteiger partial charge in [-0.05, 0) is 13.3 Å². The third kappa shape index (κ3) is 4.76. The molecule has 1 aromatic heterocycles. The number of aromatic nitrogens is 2. The maximum absolute atomic E-state index is 10.1. The van der Waals surface area contributed by atoms with Crippen LogP contribution in [0.3, 0.4) is 0 Å². The molecule has 19 heavy (non-hydrogen) atoms. The Morgan fingerprint density at radius 1 is 1.53 bits per heavy atom. The number of aliphatic hydroxyl groups is 1. The zero-order valence-corrected chi connectivity index (χ0v) is 12.9. The summed E-state index contributed by atoms with van der Waals surface area (Å²) in [6.07, 6.45) is 1.41. The van der Waals surface area contributed by atoms with Crippen LogP contribution in [0.5, 0.6) is 0 Å². The Labute approximate surface area is 119 Å². The highest BCUT2D eigenvalue weighted by Crippen LogP contribution is 2.20. The summed E-state index contributed by atoms with van der Waals surface area (Å²) in [5, 5.41) is 18.4. The molecule has 1 heterocycles. The zero-order valence-electron chi connectivity index (χ0n) is 12.2. The number of nitrogens with zero attached hydrogens (tertiary/aromatic N) is 2. The number of ether oxygens (including phenoxy) is 1. The number of aryl methyl sites for hydroxylation is 2. The van der Waals surface area contributed by atoms with Gasteiger partial charge in [-0.3, -0.25) is 4.68 Å². The lowest BCUT2D eigenvalue weighted by Gasteiger charge is -2.23. The van der Waals surface area contributed by atoms with Crippen LogP contribution in [0.15, 0.2) is 0 Å². The fourth-order valence-corrected chi connectivity index (χ4v) is 2.23. The van der Waals surface area contributed by atoms with Gasteiger partial charge in [-0.25, -0.2) is 0 Å². The van der Waals surface area contributed by atoms with Crippen molar-refractivity contribution in [2.24, 2.45) is 7.05 Å². The molecule has 0 aromatic carbocycles. The molecule has 1 unspecified atom stereocenters. The van der Waals surface area contributed by atoms with Gasteiger partial charge in [0.15, 0.2) is 0 Å². The lowest BCUT2D eigenvalue weighted by Crippen LogP contribution is -2.38. The zero-order chi connectivity index (χ0) is 14.5. The molecule has 0 fully saturated rings. The van der Waals surface area contributed by atoms with Gasteiger partial charge in [0.05, 0.1) is 22.0 Å². The third-order valence-corrected chi connectivity index (χ3v) is 3.58. The second-order valence-electron chi connectivity index (χ2n) is 5.03. The predicted octanol–water partition coefficient (Wildman–Crippen LogP) is 1.51. The topological polar surface area (TPSA) is 59.3 Å². The summed E-state index contributed by atoms with van der Waals surface area (Å²) in [5.41, 5.74) is 1.07. The molecular weight excluding hydrogens is 266 g/mol. The van der Waals surface area contributed by atoms with Crippen molar-refractivity contribution in [2.45, 2.75) is 38.8 Å². The number of rotatable bonds is 8. The van der Waals surface area contributed by atoms with Gasteiger partial charge in [0.2, 0.25) is 0 Å². The SMILES string of the molecule is CCc1nn(C)c(CNCC(C)(O)CCOC)c1Cl. The standard InChI is InChI=1S/C13H24ClN3O2/c1-5-10-12(14)11(17(3)16-10)8-15-9-13(2,18)6-7-19-4/h15,18H,5-9H2,1-4H3. The van der Waals surface area contributed by atoms with Gasteiger partial charge in [-0.2, -0.15) is 5.10 Å². The molecule has 0 amide bonds. The van der Waals surface area contributed by atoms with E-state index in [1.807, 2.05) is 14.0 Å². The van der Waals surface area contributed by atoms with Crippen molar-refractivity contribution >= 4 is 11.6 Å². The highest BCUT2D eigenvalue weighted by molar-refractivity contribution is 6.31. The van der Waals surface area contributed by atoms with Gasteiger partial charge < -0.3 is 15.2 Å². The second-order valence-corrected chi connectivity index (χ2v) is 5.41. The van der Waals surface area contributed by atoms with E-state index in [0.29, 0.717) is 31.1 Å². The molecule has 110 valence electrons. The smallest absolute Gasteiger partial charge is 0.0863 e. The van der Waals surface area contributed by atoms with Crippen molar-refractivity contribution in [3.05, 3.63) is 16.4 Å². The van der Waals surface area contributed by atoms with E-state index in [1.54, 1.807) is 18.7 Å². The molecule has 2 N–H and O–H groups in total. The van der Waals surface area contributed by atoms with Crippen LogP contribution in [-0.2, 0) is 24.8 Å². The van der Waals surface area contributed by atoms with E-state index in [-0.39, 0.29) is 0 Å². The Balaban J connectivity index is 2.51. The molecule has 1 atom stereocenters. The minimum absolute atomic E-state index is 0.485. The molecule has 0 saturated heterocycles. The average molecular weight is 290 g/mol. The molecule has 1 aromatic rings. The average Bonchev–Trinajstić information content (AvgIpc) is 2.63. The first-order valence-corrected chi connectivity index (χ1v) is 6.91. The van der Waals surface area contributed by atoms with Crippen molar-refractivity contribution in [3.63, 3.8) is 0 Å². The minimum Gasteiger partial charge on any atom is -0.389 e. The van der Waals surface area contributed by atoms with E-state index in [2.05, 4.69) is 10.4 Å². The largest absolute Gasteiger partial charge is 0.389 e. The van der Waals surface area contributed by atoms with Crippen LogP contribution in [-0.4, -0.2) is 40.7 Å². The summed E-state index contributed by atoms with van der Waals surface area (Å²) in [6.45, 7) is 5.44. The van der Waals surface area contributed by atoms with Crippen molar-refractivity contribution in [2.75, 3.05) is 20.3 Å². The number of hydrogen-bond donors (Lipinski definition) is 2. The fourth-order valence-electron chi connectivity index (χ4n) is 1.87. The molecule has 0 aliphatic rings. The van der Waals surface area contributed by atoms with Gasteiger partial charge in [0, 0.05) is 40.3 Å². The molecule has 0 aliphatic carbocycles. The highest BCUT2D eigenvalue weighted by atomic mass is 35.5. The Kier molecular flexibility index (Phi) is 6.26. The van der Waals surface area contributed by atoms with Gasteiger partial charge in [-0.1, -0.05) is 18.5 Å². The van der Waals surface area contributed by atoms with Crippen LogP contribution in [0.4, 0.5) is 0 Å². The second kappa shape index (κ2) is 7.24. The Morgan fingerprint density at radius 3 is 2.74 bits per heavy atom. The lowest BCUT2D eigenvalue weighted by molar-refractivity contribution is 0.0246. The summed E-state index contributed by atoms with van der Waals surface area (Å²) in [4.78, 5) is 0. The van der Waals surface area contributed by atoms with Crippen LogP contribution in [0.25, 0.3) is 0 Å². The molecule has 0 aliphatic heterocycles. The third-order valence-electron chi connectivity index (χ3n) is 3.15. The molecule has 0 saturated carbocycles. The van der Waals surface area contributed by atoms with Crippen molar-refractivity contribution < 1.29 is 9.84 Å². The predicted molar refractivity (Wildman–Crippen MR) is 76.4 cm³/mol. The van der Waals surface area contributed by atoms with Crippen molar-refractivity contribution in [1.29, 1.82) is 0 Å². The monoisotopic (exact) mass is 289 g/mol. The van der Waals surface area contributed by atoms with Crippen LogP contribution < -0.4 is 5.32 Å². The van der Waals surface area contributed by atoms with E-state index >= 15 is 0 Å². The van der Waals surface area contributed by atoms with Gasteiger partial charge in [-0.15, -0.1) is 0 Å². The van der Waals surface area contributed by atoms with Crippen LogP contribution in [0.1, 0.15) is 31.7 Å². The van der Waals surface area contributed by atoms with E-state index in [1.165, 1.54) is 0 Å². The Bertz CT molecular complexity index is 405. The molecule has 0 spiro atoms. The van der Waals surface area contributed by atoms with E-state index in [9.17, 15) is 5.11 Å². The molecule has 5 nitrogen and oxygen atoms in total. The number of hydrogen-bond acceptors (Lipinski definition) is 4. The maximum atomic E-state index is 10.1. The lowest BCUT2D eigenvalue weighted by atomic mass is 10.0. The summed E-state index contributed by atoms with van der Waals surface area (Å²) >= 11 is 6.26. The first-order valence-electron chi connectivity index (χ1n) is 6.53. The minimum atomic E-state index is -0.783. The van der Waals surface area contributed by atoms with Crippen LogP contribution in [0.2, 0.25) is 5.02 Å². The number of halogens is 1. The Hall–Kier alpha value is -0.620. The molecule has 6 heteroatoms. The van der Waals surface area contributed by atoms with Crippen LogP contribution >= 0.6 is 11.6 Å². The van der Waals surface area contributed by atoms with E-state index in [4.69, 9.17) is 16.3 Å².